The van der Waals surface area contributed by atoms with E-state index in [9.17, 15) is 0 Å². The molecule has 0 spiro atoms. The minimum Gasteiger partial charge on any atom is -0.388 e. The van der Waals surface area contributed by atoms with Gasteiger partial charge in [0, 0.05) is 5.38 Å². The summed E-state index contributed by atoms with van der Waals surface area (Å²) < 4.78 is 0. The van der Waals surface area contributed by atoms with Crippen molar-refractivity contribution >= 4 is 28.5 Å². The summed E-state index contributed by atoms with van der Waals surface area (Å²) in [5.41, 5.74) is 6.30. The summed E-state index contributed by atoms with van der Waals surface area (Å²) in [4.78, 5) is 7.29. The zero-order valence-electron chi connectivity index (χ0n) is 9.48. The fraction of sp³-hybridized carbons (Fsp3) is 0.636. The van der Waals surface area contributed by atoms with Gasteiger partial charge in [0.1, 0.15) is 15.7 Å². The van der Waals surface area contributed by atoms with Gasteiger partial charge < -0.3 is 5.73 Å². The molecule has 1 aliphatic rings. The number of thiazole rings is 1. The number of nitrogens with two attached hydrogens (primary N) is 1. The predicted octanol–water partition coefficient (Wildman–Crippen LogP) is 2.01. The third-order valence-electron chi connectivity index (χ3n) is 3.04. The van der Waals surface area contributed by atoms with Crippen LogP contribution in [0.15, 0.2) is 5.38 Å². The predicted molar refractivity (Wildman–Crippen MR) is 71.7 cm³/mol. The summed E-state index contributed by atoms with van der Waals surface area (Å²) in [5, 5.41) is 3.07. The zero-order chi connectivity index (χ0) is 11.5. The lowest BCUT2D eigenvalue weighted by atomic mass is 9.99. The second-order valence-electron chi connectivity index (χ2n) is 4.45. The quantitative estimate of drug-likeness (QED) is 0.839. The van der Waals surface area contributed by atoms with Crippen LogP contribution in [-0.2, 0) is 6.54 Å². The Bertz CT molecular complexity index is 367. The molecule has 0 atom stereocenters. The molecule has 0 unspecified atom stereocenters. The molecule has 1 aliphatic heterocycles. The van der Waals surface area contributed by atoms with Gasteiger partial charge in [0.05, 0.1) is 6.54 Å². The maximum atomic E-state index is 5.54. The first-order valence-corrected chi connectivity index (χ1v) is 6.90. The van der Waals surface area contributed by atoms with Crippen LogP contribution in [0.2, 0.25) is 0 Å². The zero-order valence-corrected chi connectivity index (χ0v) is 11.1. The Hall–Kier alpha value is -0.520. The van der Waals surface area contributed by atoms with E-state index in [2.05, 4.69) is 16.8 Å². The van der Waals surface area contributed by atoms with E-state index in [4.69, 9.17) is 18.0 Å². The van der Waals surface area contributed by atoms with Crippen LogP contribution in [0, 0.1) is 5.92 Å². The van der Waals surface area contributed by atoms with Gasteiger partial charge in [0.15, 0.2) is 0 Å². The van der Waals surface area contributed by atoms with Crippen molar-refractivity contribution in [1.29, 1.82) is 0 Å². The molecule has 2 N–H and O–H groups in total. The standard InChI is InChI=1S/C11H17N3S2/c1-8-2-4-14(5-3-8)6-10-13-9(7-16-10)11(12)15/h7-8H,2-6H2,1H3,(H2,12,15). The van der Waals surface area contributed by atoms with Gasteiger partial charge in [-0.05, 0) is 31.8 Å². The summed E-state index contributed by atoms with van der Waals surface area (Å²) in [6.45, 7) is 5.64. The molecule has 0 aromatic carbocycles. The van der Waals surface area contributed by atoms with Crippen molar-refractivity contribution in [2.24, 2.45) is 11.7 Å². The SMILES string of the molecule is CC1CCN(Cc2nc(C(N)=S)cs2)CC1. The molecule has 3 nitrogen and oxygen atoms in total. The van der Waals surface area contributed by atoms with E-state index in [1.54, 1.807) is 11.3 Å². The first-order valence-electron chi connectivity index (χ1n) is 5.61. The van der Waals surface area contributed by atoms with E-state index >= 15 is 0 Å². The van der Waals surface area contributed by atoms with E-state index < -0.39 is 0 Å². The smallest absolute Gasteiger partial charge is 0.123 e. The molecule has 16 heavy (non-hydrogen) atoms. The Kier molecular flexibility index (Phi) is 3.89. The molecule has 0 bridgehead atoms. The molecule has 0 aliphatic carbocycles. The lowest BCUT2D eigenvalue weighted by molar-refractivity contribution is 0.185. The third kappa shape index (κ3) is 2.99. The first kappa shape index (κ1) is 12.0. The second kappa shape index (κ2) is 5.21. The summed E-state index contributed by atoms with van der Waals surface area (Å²) in [6.07, 6.45) is 2.60. The molecule has 2 rings (SSSR count). The van der Waals surface area contributed by atoms with Gasteiger partial charge in [-0.25, -0.2) is 4.98 Å². The van der Waals surface area contributed by atoms with Crippen molar-refractivity contribution in [2.75, 3.05) is 13.1 Å². The van der Waals surface area contributed by atoms with Gasteiger partial charge in [0.25, 0.3) is 0 Å². The molecule has 1 fully saturated rings. The number of nitrogens with zero attached hydrogens (tertiary/aromatic N) is 2. The van der Waals surface area contributed by atoms with Crippen molar-refractivity contribution in [3.05, 3.63) is 16.1 Å². The Balaban J connectivity index is 1.91. The van der Waals surface area contributed by atoms with E-state index in [1.165, 1.54) is 25.9 Å². The number of hydrogen-bond donors (Lipinski definition) is 1. The monoisotopic (exact) mass is 255 g/mol. The van der Waals surface area contributed by atoms with Crippen LogP contribution >= 0.6 is 23.6 Å². The van der Waals surface area contributed by atoms with Crippen molar-refractivity contribution in [3.8, 4) is 0 Å². The first-order chi connectivity index (χ1) is 7.65. The molecule has 0 radical (unpaired) electrons. The maximum Gasteiger partial charge on any atom is 0.123 e. The second-order valence-corrected chi connectivity index (χ2v) is 5.83. The van der Waals surface area contributed by atoms with Gasteiger partial charge >= 0.3 is 0 Å². The molecule has 1 saturated heterocycles. The van der Waals surface area contributed by atoms with E-state index in [0.29, 0.717) is 4.99 Å². The molecule has 1 aromatic rings. The maximum absolute atomic E-state index is 5.54. The minimum atomic E-state index is 0.398. The molecule has 2 heterocycles. The fourth-order valence-corrected chi connectivity index (χ4v) is 2.92. The van der Waals surface area contributed by atoms with Crippen LogP contribution in [0.25, 0.3) is 0 Å². The number of thiocarbonyl (C=S) groups is 1. The van der Waals surface area contributed by atoms with Crippen LogP contribution in [-0.4, -0.2) is 28.0 Å². The summed E-state index contributed by atoms with van der Waals surface area (Å²) in [6, 6.07) is 0. The molecule has 88 valence electrons. The third-order valence-corrected chi connectivity index (χ3v) is 4.08. The van der Waals surface area contributed by atoms with Crippen molar-refractivity contribution in [1.82, 2.24) is 9.88 Å². The van der Waals surface area contributed by atoms with Crippen LogP contribution in [0.3, 0.4) is 0 Å². The van der Waals surface area contributed by atoms with Crippen molar-refractivity contribution < 1.29 is 0 Å². The van der Waals surface area contributed by atoms with Gasteiger partial charge in [0.2, 0.25) is 0 Å². The van der Waals surface area contributed by atoms with Crippen LogP contribution < -0.4 is 5.73 Å². The topological polar surface area (TPSA) is 42.2 Å². The fourth-order valence-electron chi connectivity index (χ4n) is 1.91. The largest absolute Gasteiger partial charge is 0.388 e. The van der Waals surface area contributed by atoms with E-state index in [0.717, 1.165) is 23.2 Å². The normalized spacial score (nSPS) is 18.8. The molecular weight excluding hydrogens is 238 g/mol. The molecule has 0 amide bonds. The van der Waals surface area contributed by atoms with Crippen molar-refractivity contribution in [2.45, 2.75) is 26.3 Å². The van der Waals surface area contributed by atoms with Gasteiger partial charge in [-0.15, -0.1) is 11.3 Å². The summed E-state index contributed by atoms with van der Waals surface area (Å²) >= 11 is 6.56. The molecular formula is C11H17N3S2. The number of hydrogen-bond acceptors (Lipinski definition) is 4. The number of likely N-dealkylation sites (tertiary alicyclic amines) is 1. The van der Waals surface area contributed by atoms with Gasteiger partial charge in [-0.1, -0.05) is 19.1 Å². The van der Waals surface area contributed by atoms with Crippen LogP contribution in [0.4, 0.5) is 0 Å². The van der Waals surface area contributed by atoms with Gasteiger partial charge in [-0.3, -0.25) is 4.90 Å². The lowest BCUT2D eigenvalue weighted by Crippen LogP contribution is -2.32. The highest BCUT2D eigenvalue weighted by atomic mass is 32.1. The highest BCUT2D eigenvalue weighted by Gasteiger charge is 2.16. The Morgan fingerprint density at radius 2 is 2.31 bits per heavy atom. The minimum absolute atomic E-state index is 0.398. The average molecular weight is 255 g/mol. The molecule has 5 heteroatoms. The summed E-state index contributed by atoms with van der Waals surface area (Å²) in [5.74, 6) is 0.875. The Morgan fingerprint density at radius 1 is 1.62 bits per heavy atom. The van der Waals surface area contributed by atoms with E-state index in [-0.39, 0.29) is 0 Å². The summed E-state index contributed by atoms with van der Waals surface area (Å²) in [7, 11) is 0. The lowest BCUT2D eigenvalue weighted by Gasteiger charge is -2.29. The average Bonchev–Trinajstić information content (AvgIpc) is 2.70. The number of aromatic nitrogens is 1. The van der Waals surface area contributed by atoms with E-state index in [1.807, 2.05) is 5.38 Å². The number of rotatable bonds is 3. The van der Waals surface area contributed by atoms with Crippen LogP contribution in [0.5, 0.6) is 0 Å². The number of piperidine rings is 1. The van der Waals surface area contributed by atoms with Crippen LogP contribution in [0.1, 0.15) is 30.5 Å². The highest BCUT2D eigenvalue weighted by molar-refractivity contribution is 7.80. The molecule has 0 saturated carbocycles. The Labute approximate surface area is 106 Å². The highest BCUT2D eigenvalue weighted by Crippen LogP contribution is 2.19. The molecule has 1 aromatic heterocycles. The van der Waals surface area contributed by atoms with Gasteiger partial charge in [-0.2, -0.15) is 0 Å². The Morgan fingerprint density at radius 3 is 2.88 bits per heavy atom. The van der Waals surface area contributed by atoms with Crippen molar-refractivity contribution in [3.63, 3.8) is 0 Å².